The molecule has 3 aromatic rings. The summed E-state index contributed by atoms with van der Waals surface area (Å²) in [5.74, 6) is -0.739. The molecule has 6 nitrogen and oxygen atoms in total. The minimum absolute atomic E-state index is 0.369. The summed E-state index contributed by atoms with van der Waals surface area (Å²) in [6, 6.07) is 14.6. The molecule has 2 aromatic carbocycles. The number of amides is 2. The van der Waals surface area contributed by atoms with Crippen LogP contribution in [0, 0.1) is 0 Å². The standard InChI is InChI=1S/C18H18N4O2/c1-22(2)13-7-5-6-12(10-13)17(23)20-21-18(24)15-11-19-16-9-4-3-8-14(15)16/h3-11,19H,1-2H3,(H,20,23)(H,21,24). The van der Waals surface area contributed by atoms with E-state index in [1.54, 1.807) is 24.4 Å². The van der Waals surface area contributed by atoms with Crippen LogP contribution in [0.1, 0.15) is 20.7 Å². The van der Waals surface area contributed by atoms with Crippen molar-refractivity contribution >= 4 is 28.4 Å². The molecule has 0 aliphatic carbocycles. The number of anilines is 1. The van der Waals surface area contributed by atoms with Crippen LogP contribution in [0.3, 0.4) is 0 Å². The molecule has 3 N–H and O–H groups in total. The third-order valence-corrected chi connectivity index (χ3v) is 3.75. The Balaban J connectivity index is 1.70. The van der Waals surface area contributed by atoms with Gasteiger partial charge in [-0.2, -0.15) is 0 Å². The van der Waals surface area contributed by atoms with Crippen molar-refractivity contribution < 1.29 is 9.59 Å². The number of hydrazine groups is 1. The molecule has 0 saturated carbocycles. The summed E-state index contributed by atoms with van der Waals surface area (Å²) in [5, 5.41) is 0.804. The van der Waals surface area contributed by atoms with Crippen LogP contribution in [0.5, 0.6) is 0 Å². The summed E-state index contributed by atoms with van der Waals surface area (Å²) >= 11 is 0. The molecule has 0 atom stereocenters. The van der Waals surface area contributed by atoms with Gasteiger partial charge in [-0.15, -0.1) is 0 Å². The molecule has 24 heavy (non-hydrogen) atoms. The maximum atomic E-state index is 12.3. The van der Waals surface area contributed by atoms with Gasteiger partial charge < -0.3 is 9.88 Å². The maximum absolute atomic E-state index is 12.3. The number of nitrogens with one attached hydrogen (secondary N) is 3. The summed E-state index contributed by atoms with van der Waals surface area (Å²) in [7, 11) is 3.80. The zero-order valence-electron chi connectivity index (χ0n) is 13.5. The average Bonchev–Trinajstić information content (AvgIpc) is 3.03. The summed E-state index contributed by atoms with van der Waals surface area (Å²) < 4.78 is 0. The number of carbonyl (C=O) groups is 2. The number of rotatable bonds is 3. The van der Waals surface area contributed by atoms with E-state index in [9.17, 15) is 9.59 Å². The Morgan fingerprint density at radius 3 is 2.50 bits per heavy atom. The van der Waals surface area contributed by atoms with Crippen LogP contribution in [0.25, 0.3) is 10.9 Å². The SMILES string of the molecule is CN(C)c1cccc(C(=O)NNC(=O)c2c[nH]c3ccccc23)c1. The quantitative estimate of drug-likeness (QED) is 0.648. The number of aromatic amines is 1. The van der Waals surface area contributed by atoms with Crippen LogP contribution in [0.2, 0.25) is 0 Å². The predicted molar refractivity (Wildman–Crippen MR) is 94.0 cm³/mol. The molecule has 1 heterocycles. The molecule has 0 radical (unpaired) electrons. The highest BCUT2D eigenvalue weighted by molar-refractivity contribution is 6.07. The van der Waals surface area contributed by atoms with Gasteiger partial charge in [0.15, 0.2) is 0 Å². The first-order chi connectivity index (χ1) is 11.6. The maximum Gasteiger partial charge on any atom is 0.271 e. The monoisotopic (exact) mass is 322 g/mol. The molecule has 0 bridgehead atoms. The molecule has 1 aromatic heterocycles. The fraction of sp³-hybridized carbons (Fsp3) is 0.111. The number of hydrogen-bond acceptors (Lipinski definition) is 3. The normalized spacial score (nSPS) is 10.4. The number of carbonyl (C=O) groups excluding carboxylic acids is 2. The Kier molecular flexibility index (Phi) is 4.20. The smallest absolute Gasteiger partial charge is 0.271 e. The Morgan fingerprint density at radius 1 is 0.958 bits per heavy atom. The van der Waals surface area contributed by atoms with Gasteiger partial charge >= 0.3 is 0 Å². The van der Waals surface area contributed by atoms with Crippen LogP contribution >= 0.6 is 0 Å². The fourth-order valence-corrected chi connectivity index (χ4v) is 2.44. The van der Waals surface area contributed by atoms with E-state index in [0.717, 1.165) is 16.6 Å². The van der Waals surface area contributed by atoms with Crippen molar-refractivity contribution in [2.24, 2.45) is 0 Å². The van der Waals surface area contributed by atoms with E-state index < -0.39 is 0 Å². The minimum Gasteiger partial charge on any atom is -0.378 e. The molecule has 0 unspecified atom stereocenters. The number of hydrogen-bond donors (Lipinski definition) is 3. The Labute approximate surface area is 139 Å². The highest BCUT2D eigenvalue weighted by Crippen LogP contribution is 2.17. The molecule has 0 fully saturated rings. The molecule has 6 heteroatoms. The lowest BCUT2D eigenvalue weighted by atomic mass is 10.1. The van der Waals surface area contributed by atoms with Crippen molar-refractivity contribution in [2.45, 2.75) is 0 Å². The van der Waals surface area contributed by atoms with Gasteiger partial charge in [-0.3, -0.25) is 20.4 Å². The lowest BCUT2D eigenvalue weighted by Crippen LogP contribution is -2.41. The van der Waals surface area contributed by atoms with Crippen molar-refractivity contribution in [1.82, 2.24) is 15.8 Å². The van der Waals surface area contributed by atoms with Gasteiger partial charge in [-0.1, -0.05) is 24.3 Å². The molecule has 122 valence electrons. The van der Waals surface area contributed by atoms with Crippen LogP contribution in [0.4, 0.5) is 5.69 Å². The number of nitrogens with zero attached hydrogens (tertiary/aromatic N) is 1. The summed E-state index contributed by atoms with van der Waals surface area (Å²) in [5.41, 5.74) is 7.63. The third-order valence-electron chi connectivity index (χ3n) is 3.75. The second-order valence-corrected chi connectivity index (χ2v) is 5.60. The number of para-hydroxylation sites is 1. The van der Waals surface area contributed by atoms with E-state index in [1.165, 1.54) is 0 Å². The van der Waals surface area contributed by atoms with E-state index in [4.69, 9.17) is 0 Å². The van der Waals surface area contributed by atoms with Crippen molar-refractivity contribution in [3.05, 3.63) is 65.9 Å². The minimum atomic E-state index is -0.371. The molecule has 2 amide bonds. The first-order valence-corrected chi connectivity index (χ1v) is 7.50. The number of fused-ring (bicyclic) bond motifs is 1. The Morgan fingerprint density at radius 2 is 1.71 bits per heavy atom. The molecule has 0 saturated heterocycles. The van der Waals surface area contributed by atoms with Crippen LogP contribution in [-0.4, -0.2) is 30.9 Å². The first-order valence-electron chi connectivity index (χ1n) is 7.50. The van der Waals surface area contributed by atoms with Crippen LogP contribution < -0.4 is 15.8 Å². The molecular weight excluding hydrogens is 304 g/mol. The second kappa shape index (κ2) is 6.45. The summed E-state index contributed by atoms with van der Waals surface area (Å²) in [4.78, 5) is 29.4. The molecular formula is C18H18N4O2. The van der Waals surface area contributed by atoms with Gasteiger partial charge in [-0.05, 0) is 24.3 Å². The van der Waals surface area contributed by atoms with Gasteiger partial charge in [-0.25, -0.2) is 0 Å². The Hall–Kier alpha value is -3.28. The van der Waals surface area contributed by atoms with E-state index >= 15 is 0 Å². The van der Waals surface area contributed by atoms with Gasteiger partial charge in [0.1, 0.15) is 0 Å². The van der Waals surface area contributed by atoms with Crippen molar-refractivity contribution in [2.75, 3.05) is 19.0 Å². The van der Waals surface area contributed by atoms with Crippen molar-refractivity contribution in [3.8, 4) is 0 Å². The fourth-order valence-electron chi connectivity index (χ4n) is 2.44. The van der Waals surface area contributed by atoms with Gasteiger partial charge in [0.25, 0.3) is 11.8 Å². The van der Waals surface area contributed by atoms with Gasteiger partial charge in [0, 0.05) is 42.4 Å². The summed E-state index contributed by atoms with van der Waals surface area (Å²) in [6.07, 6.45) is 1.62. The third kappa shape index (κ3) is 3.08. The van der Waals surface area contributed by atoms with Crippen molar-refractivity contribution in [1.29, 1.82) is 0 Å². The molecule has 3 rings (SSSR count). The lowest BCUT2D eigenvalue weighted by Gasteiger charge is -2.13. The zero-order chi connectivity index (χ0) is 17.1. The van der Waals surface area contributed by atoms with E-state index in [-0.39, 0.29) is 11.8 Å². The molecule has 0 spiro atoms. The Bertz CT molecular complexity index is 899. The highest BCUT2D eigenvalue weighted by atomic mass is 16.2. The second-order valence-electron chi connectivity index (χ2n) is 5.60. The zero-order valence-corrected chi connectivity index (χ0v) is 13.5. The average molecular weight is 322 g/mol. The van der Waals surface area contributed by atoms with Gasteiger partial charge in [0.2, 0.25) is 0 Å². The van der Waals surface area contributed by atoms with Crippen LogP contribution in [0.15, 0.2) is 54.7 Å². The van der Waals surface area contributed by atoms with Crippen molar-refractivity contribution in [3.63, 3.8) is 0 Å². The first kappa shape index (κ1) is 15.6. The molecule has 0 aliphatic heterocycles. The number of aromatic nitrogens is 1. The van der Waals surface area contributed by atoms with E-state index in [0.29, 0.717) is 11.1 Å². The predicted octanol–water partition coefficient (Wildman–Crippen LogP) is 2.31. The number of benzene rings is 2. The van der Waals surface area contributed by atoms with E-state index in [1.807, 2.05) is 49.3 Å². The lowest BCUT2D eigenvalue weighted by molar-refractivity contribution is 0.0847. The summed E-state index contributed by atoms with van der Waals surface area (Å²) in [6.45, 7) is 0. The van der Waals surface area contributed by atoms with Gasteiger partial charge in [0.05, 0.1) is 5.56 Å². The number of H-pyrrole nitrogens is 1. The largest absolute Gasteiger partial charge is 0.378 e. The van der Waals surface area contributed by atoms with Crippen LogP contribution in [-0.2, 0) is 0 Å². The van der Waals surface area contributed by atoms with E-state index in [2.05, 4.69) is 15.8 Å². The highest BCUT2D eigenvalue weighted by Gasteiger charge is 2.13. The topological polar surface area (TPSA) is 77.2 Å². The molecule has 0 aliphatic rings.